The quantitative estimate of drug-likeness (QED) is 0.774. The monoisotopic (exact) mass is 292 g/mol. The first-order valence-corrected chi connectivity index (χ1v) is 8.92. The molecule has 0 aromatic rings. The zero-order chi connectivity index (χ0) is 15.3. The molecule has 2 N–H and O–H groups in total. The topological polar surface area (TPSA) is 40.5 Å². The molecule has 2 heteroatoms. The summed E-state index contributed by atoms with van der Waals surface area (Å²) < 4.78 is 0. The van der Waals surface area contributed by atoms with Crippen molar-refractivity contribution in [3.63, 3.8) is 0 Å². The molecule has 0 spiro atoms. The summed E-state index contributed by atoms with van der Waals surface area (Å²) in [5, 5.41) is 20.4. The Kier molecular flexibility index (Phi) is 3.99. The van der Waals surface area contributed by atoms with Crippen LogP contribution < -0.4 is 0 Å². The Labute approximate surface area is 129 Å². The molecule has 0 heterocycles. The number of allylic oxidation sites excluding steroid dienone is 1. The second-order valence-corrected chi connectivity index (χ2v) is 8.65. The second-order valence-electron chi connectivity index (χ2n) is 8.65. The lowest BCUT2D eigenvalue weighted by Gasteiger charge is -2.45. The van der Waals surface area contributed by atoms with Gasteiger partial charge in [0.05, 0.1) is 11.7 Å². The van der Waals surface area contributed by atoms with E-state index in [0.717, 1.165) is 18.8 Å². The average Bonchev–Trinajstić information content (AvgIpc) is 2.90. The molecule has 3 aliphatic rings. The highest BCUT2D eigenvalue weighted by Crippen LogP contribution is 2.58. The lowest BCUT2D eigenvalue weighted by Crippen LogP contribution is -2.41. The largest absolute Gasteiger partial charge is 0.393 e. The summed E-state index contributed by atoms with van der Waals surface area (Å²) >= 11 is 0. The summed E-state index contributed by atoms with van der Waals surface area (Å²) in [5.41, 5.74) is -0.241. The highest BCUT2D eigenvalue weighted by Gasteiger charge is 2.52. The van der Waals surface area contributed by atoms with Gasteiger partial charge in [0.15, 0.2) is 0 Å². The summed E-state index contributed by atoms with van der Waals surface area (Å²) in [6, 6.07) is 0. The van der Waals surface area contributed by atoms with Crippen molar-refractivity contribution in [3.8, 4) is 0 Å². The minimum atomic E-state index is -0.590. The number of hydrogen-bond acceptors (Lipinski definition) is 2. The summed E-state index contributed by atoms with van der Waals surface area (Å²) in [6.07, 6.45) is 12.2. The van der Waals surface area contributed by atoms with E-state index in [9.17, 15) is 10.2 Å². The normalized spacial score (nSPS) is 51.1. The first kappa shape index (κ1) is 15.6. The number of aliphatic hydroxyl groups is 2. The van der Waals surface area contributed by atoms with Crippen LogP contribution in [0, 0.1) is 29.1 Å². The average molecular weight is 292 g/mol. The van der Waals surface area contributed by atoms with Gasteiger partial charge >= 0.3 is 0 Å². The van der Waals surface area contributed by atoms with E-state index in [-0.39, 0.29) is 6.10 Å². The van der Waals surface area contributed by atoms with Crippen LogP contribution in [-0.4, -0.2) is 21.9 Å². The molecule has 7 atom stereocenters. The van der Waals surface area contributed by atoms with Gasteiger partial charge in [-0.25, -0.2) is 0 Å². The van der Waals surface area contributed by atoms with Crippen LogP contribution in [0.25, 0.3) is 0 Å². The van der Waals surface area contributed by atoms with Crippen molar-refractivity contribution >= 4 is 0 Å². The molecule has 2 fully saturated rings. The third-order valence-corrected chi connectivity index (χ3v) is 6.93. The standard InChI is InChI=1S/C19H32O2/c1-13(11-14-8-10-18(2,21)12-14)15-6-7-16-17(20)5-4-9-19(15,16)3/h8,10,13-17,20-21H,4-7,9,11-12H2,1-3H3/t13-,14+,15-,16?,17?,18-,19-/m1/s1. The molecule has 120 valence electrons. The van der Waals surface area contributed by atoms with Gasteiger partial charge in [-0.05, 0) is 74.5 Å². The number of aliphatic hydroxyl groups excluding tert-OH is 1. The first-order chi connectivity index (χ1) is 9.82. The molecule has 0 aromatic heterocycles. The van der Waals surface area contributed by atoms with E-state index in [1.165, 1.54) is 32.1 Å². The fourth-order valence-electron chi connectivity index (χ4n) is 5.94. The van der Waals surface area contributed by atoms with Crippen LogP contribution in [-0.2, 0) is 0 Å². The maximum Gasteiger partial charge on any atom is 0.0805 e. The van der Waals surface area contributed by atoms with Crippen LogP contribution in [0.3, 0.4) is 0 Å². The van der Waals surface area contributed by atoms with E-state index < -0.39 is 5.60 Å². The lowest BCUT2D eigenvalue weighted by atomic mass is 9.61. The Bertz CT molecular complexity index is 414. The molecule has 3 rings (SSSR count). The summed E-state index contributed by atoms with van der Waals surface area (Å²) in [6.45, 7) is 6.76. The van der Waals surface area contributed by atoms with E-state index in [4.69, 9.17) is 0 Å². The number of rotatable bonds is 3. The Morgan fingerprint density at radius 2 is 2.00 bits per heavy atom. The Hall–Kier alpha value is -0.340. The molecule has 3 aliphatic carbocycles. The fourth-order valence-corrected chi connectivity index (χ4v) is 5.94. The molecule has 0 saturated heterocycles. The van der Waals surface area contributed by atoms with Gasteiger partial charge in [-0.15, -0.1) is 0 Å². The maximum atomic E-state index is 10.4. The molecular formula is C19H32O2. The molecule has 2 nitrogen and oxygen atoms in total. The van der Waals surface area contributed by atoms with Crippen LogP contribution in [0.15, 0.2) is 12.2 Å². The molecule has 2 unspecified atom stereocenters. The van der Waals surface area contributed by atoms with Crippen molar-refractivity contribution in [3.05, 3.63) is 12.2 Å². The minimum absolute atomic E-state index is 0.0620. The fraction of sp³-hybridized carbons (Fsp3) is 0.895. The maximum absolute atomic E-state index is 10.4. The van der Waals surface area contributed by atoms with E-state index >= 15 is 0 Å². The van der Waals surface area contributed by atoms with Crippen LogP contribution in [0.1, 0.15) is 65.7 Å². The van der Waals surface area contributed by atoms with Gasteiger partial charge in [0.1, 0.15) is 0 Å². The van der Waals surface area contributed by atoms with Crippen molar-refractivity contribution in [2.45, 2.75) is 77.4 Å². The molecule has 0 bridgehead atoms. The SMILES string of the molecule is C[C@H](C[C@@H]1C=C[C@@](C)(O)C1)[C@H]1CCC2C(O)CCC[C@@]21C. The summed E-state index contributed by atoms with van der Waals surface area (Å²) in [5.74, 6) is 2.50. The van der Waals surface area contributed by atoms with Gasteiger partial charge in [0.25, 0.3) is 0 Å². The Morgan fingerprint density at radius 3 is 2.67 bits per heavy atom. The van der Waals surface area contributed by atoms with Gasteiger partial charge in [-0.3, -0.25) is 0 Å². The summed E-state index contributed by atoms with van der Waals surface area (Å²) in [4.78, 5) is 0. The van der Waals surface area contributed by atoms with Crippen LogP contribution in [0.5, 0.6) is 0 Å². The van der Waals surface area contributed by atoms with Crippen LogP contribution in [0.4, 0.5) is 0 Å². The molecule has 0 aliphatic heterocycles. The number of hydrogen-bond donors (Lipinski definition) is 2. The molecule has 0 aromatic carbocycles. The van der Waals surface area contributed by atoms with Crippen molar-refractivity contribution < 1.29 is 10.2 Å². The second kappa shape index (κ2) is 5.38. The third kappa shape index (κ3) is 2.82. The smallest absolute Gasteiger partial charge is 0.0805 e. The molecule has 2 saturated carbocycles. The molecule has 21 heavy (non-hydrogen) atoms. The molecule has 0 radical (unpaired) electrons. The zero-order valence-corrected chi connectivity index (χ0v) is 13.9. The summed E-state index contributed by atoms with van der Waals surface area (Å²) in [7, 11) is 0. The molecule has 0 amide bonds. The van der Waals surface area contributed by atoms with E-state index in [1.807, 2.05) is 13.0 Å². The van der Waals surface area contributed by atoms with E-state index in [0.29, 0.717) is 23.2 Å². The first-order valence-electron chi connectivity index (χ1n) is 8.92. The van der Waals surface area contributed by atoms with Gasteiger partial charge < -0.3 is 10.2 Å². The molecular weight excluding hydrogens is 260 g/mol. The van der Waals surface area contributed by atoms with Gasteiger partial charge in [-0.1, -0.05) is 32.4 Å². The van der Waals surface area contributed by atoms with Crippen molar-refractivity contribution in [2.75, 3.05) is 0 Å². The zero-order valence-electron chi connectivity index (χ0n) is 13.9. The highest BCUT2D eigenvalue weighted by atomic mass is 16.3. The van der Waals surface area contributed by atoms with Gasteiger partial charge in [0, 0.05) is 0 Å². The van der Waals surface area contributed by atoms with Crippen molar-refractivity contribution in [1.82, 2.24) is 0 Å². The lowest BCUT2D eigenvalue weighted by molar-refractivity contribution is -0.0289. The van der Waals surface area contributed by atoms with Crippen molar-refractivity contribution in [2.24, 2.45) is 29.1 Å². The third-order valence-electron chi connectivity index (χ3n) is 6.93. The highest BCUT2D eigenvalue weighted by molar-refractivity contribution is 5.11. The van der Waals surface area contributed by atoms with Gasteiger partial charge in [-0.2, -0.15) is 0 Å². The van der Waals surface area contributed by atoms with Crippen molar-refractivity contribution in [1.29, 1.82) is 0 Å². The Morgan fingerprint density at radius 1 is 1.24 bits per heavy atom. The van der Waals surface area contributed by atoms with E-state index in [2.05, 4.69) is 19.9 Å². The van der Waals surface area contributed by atoms with Gasteiger partial charge in [0.2, 0.25) is 0 Å². The minimum Gasteiger partial charge on any atom is -0.393 e. The van der Waals surface area contributed by atoms with Crippen LogP contribution in [0.2, 0.25) is 0 Å². The predicted octanol–water partition coefficient (Wildman–Crippen LogP) is 3.92. The Balaban J connectivity index is 1.65. The number of fused-ring (bicyclic) bond motifs is 1. The van der Waals surface area contributed by atoms with E-state index in [1.54, 1.807) is 0 Å². The predicted molar refractivity (Wildman–Crippen MR) is 85.8 cm³/mol. The van der Waals surface area contributed by atoms with Crippen LogP contribution >= 0.6 is 0 Å².